The number of nitrogens with zero attached hydrogens (tertiary/aromatic N) is 3. The first-order chi connectivity index (χ1) is 14.6. The average Bonchev–Trinajstić information content (AvgIpc) is 3.41. The van der Waals surface area contributed by atoms with Gasteiger partial charge in [0.25, 0.3) is 5.91 Å². The summed E-state index contributed by atoms with van der Waals surface area (Å²) in [6.07, 6.45) is 3.49. The predicted octanol–water partition coefficient (Wildman–Crippen LogP) is 4.88. The Labute approximate surface area is 177 Å². The average molecular weight is 417 g/mol. The van der Waals surface area contributed by atoms with E-state index in [-0.39, 0.29) is 12.7 Å². The van der Waals surface area contributed by atoms with E-state index in [0.717, 1.165) is 21.3 Å². The molecule has 1 amide bonds. The summed E-state index contributed by atoms with van der Waals surface area (Å²) in [5.41, 5.74) is 4.70. The molecule has 3 heterocycles. The Hall–Kier alpha value is -3.45. The van der Waals surface area contributed by atoms with Gasteiger partial charge in [0, 0.05) is 18.0 Å². The van der Waals surface area contributed by atoms with Gasteiger partial charge in [-0.2, -0.15) is 0 Å². The van der Waals surface area contributed by atoms with Gasteiger partial charge in [-0.3, -0.25) is 14.7 Å². The summed E-state index contributed by atoms with van der Waals surface area (Å²) in [6.45, 7) is 4.67. The molecular weight excluding hydrogens is 398 g/mol. The number of hydrogen-bond acceptors (Lipinski definition) is 6. The molecule has 0 bridgehead atoms. The molecule has 0 spiro atoms. The highest BCUT2D eigenvalue weighted by molar-refractivity contribution is 7.22. The lowest BCUT2D eigenvalue weighted by molar-refractivity contribution is 0.0984. The number of hydrogen-bond donors (Lipinski definition) is 0. The van der Waals surface area contributed by atoms with Crippen molar-refractivity contribution in [2.75, 3.05) is 11.7 Å². The number of aromatic nitrogens is 2. The number of anilines is 1. The van der Waals surface area contributed by atoms with Crippen molar-refractivity contribution in [2.24, 2.45) is 0 Å². The van der Waals surface area contributed by atoms with Crippen molar-refractivity contribution in [2.45, 2.75) is 20.4 Å². The number of fused-ring (bicyclic) bond motifs is 2. The van der Waals surface area contributed by atoms with E-state index < -0.39 is 0 Å². The highest BCUT2D eigenvalue weighted by atomic mass is 32.1. The molecule has 0 aliphatic carbocycles. The maximum atomic E-state index is 13.6. The van der Waals surface area contributed by atoms with Gasteiger partial charge in [-0.15, -0.1) is 0 Å². The first-order valence-corrected chi connectivity index (χ1v) is 10.4. The fraction of sp³-hybridized carbons (Fsp3) is 0.174. The molecule has 7 heteroatoms. The van der Waals surface area contributed by atoms with Gasteiger partial charge >= 0.3 is 0 Å². The number of thiazole rings is 1. The quantitative estimate of drug-likeness (QED) is 0.473. The second-order valence-electron chi connectivity index (χ2n) is 7.17. The largest absolute Gasteiger partial charge is 0.454 e. The molecular formula is C23H19N3O3S. The Balaban J connectivity index is 1.58. The van der Waals surface area contributed by atoms with Crippen molar-refractivity contribution in [1.82, 2.24) is 9.97 Å². The third-order valence-electron chi connectivity index (χ3n) is 5.23. The SMILES string of the molecule is Cc1ccc2sc(N(Cc3cccnc3)C(=O)c3ccc4c(c3)OCO4)nc2c1C. The molecule has 30 heavy (non-hydrogen) atoms. The Morgan fingerprint density at radius 2 is 2.00 bits per heavy atom. The van der Waals surface area contributed by atoms with E-state index in [2.05, 4.69) is 31.0 Å². The summed E-state index contributed by atoms with van der Waals surface area (Å²) >= 11 is 1.51. The fourth-order valence-electron chi connectivity index (χ4n) is 3.42. The summed E-state index contributed by atoms with van der Waals surface area (Å²) in [5.74, 6) is 1.08. The van der Waals surface area contributed by atoms with Crippen molar-refractivity contribution in [3.05, 3.63) is 77.1 Å². The van der Waals surface area contributed by atoms with Crippen molar-refractivity contribution in [3.8, 4) is 11.5 Å². The van der Waals surface area contributed by atoms with E-state index in [0.29, 0.717) is 28.7 Å². The molecule has 0 saturated carbocycles. The molecule has 0 saturated heterocycles. The van der Waals surface area contributed by atoms with Crippen LogP contribution in [0.2, 0.25) is 0 Å². The molecule has 1 aliphatic rings. The number of benzene rings is 2. The number of carbonyl (C=O) groups is 1. The topological polar surface area (TPSA) is 64.6 Å². The third-order valence-corrected chi connectivity index (χ3v) is 6.28. The first kappa shape index (κ1) is 18.6. The first-order valence-electron chi connectivity index (χ1n) is 9.57. The number of carbonyl (C=O) groups excluding carboxylic acids is 1. The predicted molar refractivity (Wildman–Crippen MR) is 116 cm³/mol. The van der Waals surface area contributed by atoms with Crippen LogP contribution in [-0.4, -0.2) is 22.7 Å². The van der Waals surface area contributed by atoms with Gasteiger partial charge in [0.15, 0.2) is 16.6 Å². The highest BCUT2D eigenvalue weighted by Gasteiger charge is 2.24. The monoisotopic (exact) mass is 417 g/mol. The smallest absolute Gasteiger partial charge is 0.260 e. The zero-order chi connectivity index (χ0) is 20.7. The van der Waals surface area contributed by atoms with Crippen LogP contribution in [-0.2, 0) is 6.54 Å². The van der Waals surface area contributed by atoms with Crippen LogP contribution in [0.15, 0.2) is 54.9 Å². The maximum absolute atomic E-state index is 13.6. The van der Waals surface area contributed by atoms with Crippen LogP contribution < -0.4 is 14.4 Å². The molecule has 0 radical (unpaired) electrons. The van der Waals surface area contributed by atoms with Gasteiger partial charge in [-0.1, -0.05) is 23.5 Å². The summed E-state index contributed by atoms with van der Waals surface area (Å²) < 4.78 is 11.9. The van der Waals surface area contributed by atoms with E-state index in [1.807, 2.05) is 12.1 Å². The minimum atomic E-state index is -0.148. The Morgan fingerprint density at radius 1 is 1.13 bits per heavy atom. The van der Waals surface area contributed by atoms with E-state index >= 15 is 0 Å². The molecule has 2 aromatic heterocycles. The zero-order valence-corrected chi connectivity index (χ0v) is 17.4. The molecule has 150 valence electrons. The standard InChI is InChI=1S/C23H19N3O3S/c1-14-5-8-20-21(15(14)2)25-23(30-20)26(12-16-4-3-9-24-11-16)22(27)17-6-7-18-19(10-17)29-13-28-18/h3-11H,12-13H2,1-2H3. The number of amides is 1. The Kier molecular flexibility index (Phi) is 4.59. The lowest BCUT2D eigenvalue weighted by Crippen LogP contribution is -2.30. The van der Waals surface area contributed by atoms with Crippen molar-refractivity contribution < 1.29 is 14.3 Å². The highest BCUT2D eigenvalue weighted by Crippen LogP contribution is 2.36. The van der Waals surface area contributed by atoms with Crippen LogP contribution in [0.4, 0.5) is 5.13 Å². The van der Waals surface area contributed by atoms with Crippen molar-refractivity contribution >= 4 is 32.6 Å². The summed E-state index contributed by atoms with van der Waals surface area (Å²) in [6, 6.07) is 13.2. The van der Waals surface area contributed by atoms with E-state index in [4.69, 9.17) is 14.5 Å². The Bertz CT molecular complexity index is 1250. The van der Waals surface area contributed by atoms with E-state index in [1.54, 1.807) is 35.5 Å². The number of ether oxygens (including phenoxy) is 2. The van der Waals surface area contributed by atoms with Crippen molar-refractivity contribution in [1.29, 1.82) is 0 Å². The third kappa shape index (κ3) is 3.27. The normalized spacial score (nSPS) is 12.3. The van der Waals surface area contributed by atoms with Crippen LogP contribution in [0.1, 0.15) is 27.0 Å². The molecule has 0 atom stereocenters. The number of rotatable bonds is 4. The maximum Gasteiger partial charge on any atom is 0.260 e. The fourth-order valence-corrected chi connectivity index (χ4v) is 4.44. The second kappa shape index (κ2) is 7.42. The summed E-state index contributed by atoms with van der Waals surface area (Å²) in [4.78, 5) is 24.3. The van der Waals surface area contributed by atoms with Crippen LogP contribution in [0.25, 0.3) is 10.2 Å². The van der Waals surface area contributed by atoms with Gasteiger partial charge in [-0.25, -0.2) is 4.98 Å². The Morgan fingerprint density at radius 3 is 2.83 bits per heavy atom. The lowest BCUT2D eigenvalue weighted by atomic mass is 10.1. The van der Waals surface area contributed by atoms with Crippen LogP contribution >= 0.6 is 11.3 Å². The molecule has 4 aromatic rings. The van der Waals surface area contributed by atoms with Crippen LogP contribution in [0.3, 0.4) is 0 Å². The van der Waals surface area contributed by atoms with Gasteiger partial charge in [0.2, 0.25) is 6.79 Å². The minimum Gasteiger partial charge on any atom is -0.454 e. The van der Waals surface area contributed by atoms with Crippen LogP contribution in [0.5, 0.6) is 11.5 Å². The molecule has 2 aromatic carbocycles. The lowest BCUT2D eigenvalue weighted by Gasteiger charge is -2.20. The molecule has 5 rings (SSSR count). The molecule has 6 nitrogen and oxygen atoms in total. The van der Waals surface area contributed by atoms with E-state index in [1.165, 1.54) is 16.9 Å². The molecule has 0 unspecified atom stereocenters. The van der Waals surface area contributed by atoms with Gasteiger partial charge in [0.1, 0.15) is 0 Å². The van der Waals surface area contributed by atoms with Gasteiger partial charge in [-0.05, 0) is 60.9 Å². The molecule has 1 aliphatic heterocycles. The van der Waals surface area contributed by atoms with Gasteiger partial charge < -0.3 is 9.47 Å². The summed E-state index contributed by atoms with van der Waals surface area (Å²) in [5, 5.41) is 0.658. The zero-order valence-electron chi connectivity index (χ0n) is 16.6. The minimum absolute atomic E-state index is 0.148. The van der Waals surface area contributed by atoms with Crippen molar-refractivity contribution in [3.63, 3.8) is 0 Å². The van der Waals surface area contributed by atoms with E-state index in [9.17, 15) is 4.79 Å². The van der Waals surface area contributed by atoms with Gasteiger partial charge in [0.05, 0.1) is 16.8 Å². The number of pyridine rings is 1. The summed E-state index contributed by atoms with van der Waals surface area (Å²) in [7, 11) is 0. The number of aryl methyl sites for hydroxylation is 2. The molecule has 0 N–H and O–H groups in total. The molecule has 0 fully saturated rings. The van der Waals surface area contributed by atoms with Crippen LogP contribution in [0, 0.1) is 13.8 Å². The second-order valence-corrected chi connectivity index (χ2v) is 8.18.